The molecule has 24 heavy (non-hydrogen) atoms. The molecular weight excluding hydrogens is 308 g/mol. The standard InChI is InChI=1S/C18H28N2O4/c1-13-5-7-20(8-6-13)9-10-24-16-4-3-14(12-17(16)23-2)11-15(19)18(21)22/h3-4,12-13,15H,5-11,19H2,1-2H3,(H,21,22). The number of hydrogen-bond acceptors (Lipinski definition) is 5. The fourth-order valence-electron chi connectivity index (χ4n) is 2.87. The normalized spacial score (nSPS) is 17.5. The molecule has 1 aliphatic rings. The van der Waals surface area contributed by atoms with Gasteiger partial charge >= 0.3 is 5.97 Å². The summed E-state index contributed by atoms with van der Waals surface area (Å²) >= 11 is 0. The molecule has 6 nitrogen and oxygen atoms in total. The van der Waals surface area contributed by atoms with Crippen molar-refractivity contribution >= 4 is 5.97 Å². The summed E-state index contributed by atoms with van der Waals surface area (Å²) in [6.45, 7) is 6.08. The molecule has 0 bridgehead atoms. The number of rotatable bonds is 8. The molecule has 3 N–H and O–H groups in total. The van der Waals surface area contributed by atoms with Gasteiger partial charge in [-0.15, -0.1) is 0 Å². The Balaban J connectivity index is 1.87. The van der Waals surface area contributed by atoms with Gasteiger partial charge < -0.3 is 20.3 Å². The second kappa shape index (κ2) is 8.89. The van der Waals surface area contributed by atoms with Crippen LogP contribution in [0.15, 0.2) is 18.2 Å². The average molecular weight is 336 g/mol. The van der Waals surface area contributed by atoms with E-state index in [0.29, 0.717) is 18.1 Å². The molecule has 1 saturated heterocycles. The first-order chi connectivity index (χ1) is 11.5. The Bertz CT molecular complexity index is 542. The molecule has 0 aromatic heterocycles. The number of aliphatic carboxylic acids is 1. The number of likely N-dealkylation sites (tertiary alicyclic amines) is 1. The molecule has 0 saturated carbocycles. The number of hydrogen-bond donors (Lipinski definition) is 2. The monoisotopic (exact) mass is 336 g/mol. The third-order valence-electron chi connectivity index (χ3n) is 4.54. The summed E-state index contributed by atoms with van der Waals surface area (Å²) in [6.07, 6.45) is 2.77. The van der Waals surface area contributed by atoms with Crippen molar-refractivity contribution in [2.24, 2.45) is 11.7 Å². The van der Waals surface area contributed by atoms with Crippen molar-refractivity contribution in [2.45, 2.75) is 32.2 Å². The van der Waals surface area contributed by atoms with Crippen molar-refractivity contribution in [3.63, 3.8) is 0 Å². The van der Waals surface area contributed by atoms with Gasteiger partial charge in [-0.25, -0.2) is 0 Å². The molecule has 1 unspecified atom stereocenters. The summed E-state index contributed by atoms with van der Waals surface area (Å²) in [5.41, 5.74) is 6.39. The number of carboxylic acid groups (broad SMARTS) is 1. The van der Waals surface area contributed by atoms with Crippen LogP contribution in [0.25, 0.3) is 0 Å². The number of benzene rings is 1. The molecule has 0 radical (unpaired) electrons. The van der Waals surface area contributed by atoms with Gasteiger partial charge in [0.2, 0.25) is 0 Å². The highest BCUT2D eigenvalue weighted by molar-refractivity contribution is 5.73. The average Bonchev–Trinajstić information content (AvgIpc) is 2.57. The van der Waals surface area contributed by atoms with Gasteiger partial charge in [-0.05, 0) is 56.0 Å². The lowest BCUT2D eigenvalue weighted by Crippen LogP contribution is -2.35. The van der Waals surface area contributed by atoms with Crippen LogP contribution in [0.1, 0.15) is 25.3 Å². The van der Waals surface area contributed by atoms with E-state index in [4.69, 9.17) is 20.3 Å². The highest BCUT2D eigenvalue weighted by Crippen LogP contribution is 2.28. The van der Waals surface area contributed by atoms with Crippen LogP contribution in [0.2, 0.25) is 0 Å². The van der Waals surface area contributed by atoms with E-state index in [2.05, 4.69) is 11.8 Å². The highest BCUT2D eigenvalue weighted by Gasteiger charge is 2.16. The molecule has 0 aliphatic carbocycles. The first-order valence-corrected chi connectivity index (χ1v) is 8.50. The third kappa shape index (κ3) is 5.39. The van der Waals surface area contributed by atoms with Gasteiger partial charge in [-0.3, -0.25) is 9.69 Å². The van der Waals surface area contributed by atoms with Gasteiger partial charge in [0.1, 0.15) is 12.6 Å². The van der Waals surface area contributed by atoms with Gasteiger partial charge in [-0.1, -0.05) is 13.0 Å². The van der Waals surface area contributed by atoms with E-state index in [1.165, 1.54) is 12.8 Å². The predicted molar refractivity (Wildman–Crippen MR) is 92.6 cm³/mol. The summed E-state index contributed by atoms with van der Waals surface area (Å²) in [6, 6.07) is 4.54. The van der Waals surface area contributed by atoms with Crippen LogP contribution >= 0.6 is 0 Å². The summed E-state index contributed by atoms with van der Waals surface area (Å²) < 4.78 is 11.2. The fraction of sp³-hybridized carbons (Fsp3) is 0.611. The summed E-state index contributed by atoms with van der Waals surface area (Å²) in [5.74, 6) is 1.10. The van der Waals surface area contributed by atoms with Gasteiger partial charge in [-0.2, -0.15) is 0 Å². The van der Waals surface area contributed by atoms with Crippen molar-refractivity contribution in [3.8, 4) is 11.5 Å². The van der Waals surface area contributed by atoms with Crippen LogP contribution in [0.4, 0.5) is 0 Å². The Morgan fingerprint density at radius 3 is 2.71 bits per heavy atom. The van der Waals surface area contributed by atoms with Gasteiger partial charge in [0.25, 0.3) is 0 Å². The predicted octanol–water partition coefficient (Wildman–Crippen LogP) is 1.76. The molecule has 1 aliphatic heterocycles. The van der Waals surface area contributed by atoms with E-state index in [9.17, 15) is 4.79 Å². The molecule has 1 atom stereocenters. The molecule has 1 heterocycles. The van der Waals surface area contributed by atoms with Crippen molar-refractivity contribution < 1.29 is 19.4 Å². The quantitative estimate of drug-likeness (QED) is 0.752. The topological polar surface area (TPSA) is 85.0 Å². The number of nitrogens with zero attached hydrogens (tertiary/aromatic N) is 1. The maximum atomic E-state index is 10.9. The van der Waals surface area contributed by atoms with E-state index < -0.39 is 12.0 Å². The minimum absolute atomic E-state index is 0.262. The summed E-state index contributed by atoms with van der Waals surface area (Å²) in [4.78, 5) is 13.3. The number of ether oxygens (including phenoxy) is 2. The van der Waals surface area contributed by atoms with E-state index in [-0.39, 0.29) is 6.42 Å². The zero-order chi connectivity index (χ0) is 17.5. The minimum atomic E-state index is -1.01. The molecule has 134 valence electrons. The second-order valence-electron chi connectivity index (χ2n) is 6.51. The smallest absolute Gasteiger partial charge is 0.320 e. The van der Waals surface area contributed by atoms with Crippen LogP contribution in [0, 0.1) is 5.92 Å². The lowest BCUT2D eigenvalue weighted by molar-refractivity contribution is -0.138. The number of nitrogens with two attached hydrogens (primary N) is 1. The minimum Gasteiger partial charge on any atom is -0.493 e. The lowest BCUT2D eigenvalue weighted by atomic mass is 9.99. The lowest BCUT2D eigenvalue weighted by Gasteiger charge is -2.30. The van der Waals surface area contributed by atoms with Crippen molar-refractivity contribution in [2.75, 3.05) is 33.4 Å². The number of carboxylic acids is 1. The first-order valence-electron chi connectivity index (χ1n) is 8.50. The zero-order valence-electron chi connectivity index (χ0n) is 14.5. The summed E-state index contributed by atoms with van der Waals surface area (Å²) in [5, 5.41) is 8.90. The Hall–Kier alpha value is -1.79. The van der Waals surface area contributed by atoms with E-state index in [1.807, 2.05) is 12.1 Å². The third-order valence-corrected chi connectivity index (χ3v) is 4.54. The largest absolute Gasteiger partial charge is 0.493 e. The van der Waals surface area contributed by atoms with Gasteiger partial charge in [0.15, 0.2) is 11.5 Å². The van der Waals surface area contributed by atoms with E-state index in [1.54, 1.807) is 13.2 Å². The second-order valence-corrected chi connectivity index (χ2v) is 6.51. The Morgan fingerprint density at radius 1 is 1.38 bits per heavy atom. The SMILES string of the molecule is COc1cc(CC(N)C(=O)O)ccc1OCCN1CCC(C)CC1. The molecule has 6 heteroatoms. The van der Waals surface area contributed by atoms with Crippen LogP contribution in [0.3, 0.4) is 0 Å². The Kier molecular flexibility index (Phi) is 6.87. The molecule has 0 amide bonds. The number of piperidine rings is 1. The van der Waals surface area contributed by atoms with Crippen molar-refractivity contribution in [1.82, 2.24) is 4.90 Å². The molecule has 1 aromatic rings. The van der Waals surface area contributed by atoms with Crippen LogP contribution in [-0.4, -0.2) is 55.4 Å². The van der Waals surface area contributed by atoms with Gasteiger partial charge in [0, 0.05) is 6.54 Å². The first kappa shape index (κ1) is 18.5. The van der Waals surface area contributed by atoms with Gasteiger partial charge in [0.05, 0.1) is 7.11 Å². The Morgan fingerprint density at radius 2 is 2.08 bits per heavy atom. The molecule has 2 rings (SSSR count). The van der Waals surface area contributed by atoms with Crippen LogP contribution in [-0.2, 0) is 11.2 Å². The molecule has 0 spiro atoms. The van der Waals surface area contributed by atoms with E-state index in [0.717, 1.165) is 31.1 Å². The maximum absolute atomic E-state index is 10.9. The fourth-order valence-corrected chi connectivity index (χ4v) is 2.87. The molecule has 1 aromatic carbocycles. The van der Waals surface area contributed by atoms with Crippen molar-refractivity contribution in [3.05, 3.63) is 23.8 Å². The maximum Gasteiger partial charge on any atom is 0.320 e. The van der Waals surface area contributed by atoms with Crippen LogP contribution in [0.5, 0.6) is 11.5 Å². The van der Waals surface area contributed by atoms with Crippen LogP contribution < -0.4 is 15.2 Å². The van der Waals surface area contributed by atoms with Crippen molar-refractivity contribution in [1.29, 1.82) is 0 Å². The number of methoxy groups -OCH3 is 1. The number of carbonyl (C=O) groups is 1. The zero-order valence-corrected chi connectivity index (χ0v) is 14.5. The highest BCUT2D eigenvalue weighted by atomic mass is 16.5. The summed E-state index contributed by atoms with van der Waals surface area (Å²) in [7, 11) is 1.58. The molecular formula is C18H28N2O4. The Labute approximate surface area is 143 Å². The van der Waals surface area contributed by atoms with E-state index >= 15 is 0 Å². The molecule has 1 fully saturated rings.